The highest BCUT2D eigenvalue weighted by molar-refractivity contribution is 14.1. The van der Waals surface area contributed by atoms with Crippen molar-refractivity contribution in [1.82, 2.24) is 0 Å². The number of carbonyl (C=O) groups is 2. The molecule has 0 unspecified atom stereocenters. The zero-order chi connectivity index (χ0) is 19.6. The Morgan fingerprint density at radius 1 is 1.12 bits per heavy atom. The van der Waals surface area contributed by atoms with Crippen LogP contribution < -0.4 is 0 Å². The molecule has 0 saturated carbocycles. The maximum atomic E-state index is 11.4. The Kier molecular flexibility index (Phi) is 7.88. The molecule has 1 rings (SSSR count). The summed E-state index contributed by atoms with van der Waals surface area (Å²) >= 11 is 2.09. The predicted molar refractivity (Wildman–Crippen MR) is 103 cm³/mol. The summed E-state index contributed by atoms with van der Waals surface area (Å²) in [6, 6.07) is 0. The maximum absolute atomic E-state index is 11.4. The summed E-state index contributed by atoms with van der Waals surface area (Å²) in [6.07, 6.45) is -3.74. The number of aliphatic hydroxyl groups excluding tert-OH is 1. The highest BCUT2D eigenvalue weighted by Crippen LogP contribution is 2.38. The molecule has 0 spiro atoms. The van der Waals surface area contributed by atoms with E-state index in [-0.39, 0.29) is 15.6 Å². The van der Waals surface area contributed by atoms with Crippen molar-refractivity contribution >= 4 is 42.8 Å². The molecule has 0 aromatic carbocycles. The van der Waals surface area contributed by atoms with E-state index in [1.54, 1.807) is 0 Å². The Bertz CT molecular complexity index is 491. The summed E-state index contributed by atoms with van der Waals surface area (Å²) < 4.78 is 21.9. The molecule has 1 aliphatic rings. The largest absolute Gasteiger partial charge is 0.457 e. The molecule has 1 saturated heterocycles. The van der Waals surface area contributed by atoms with E-state index in [0.717, 1.165) is 0 Å². The molecule has 0 aromatic rings. The van der Waals surface area contributed by atoms with Crippen molar-refractivity contribution in [1.29, 1.82) is 0 Å². The summed E-state index contributed by atoms with van der Waals surface area (Å²) in [5.41, 5.74) is 0. The van der Waals surface area contributed by atoms with E-state index in [4.69, 9.17) is 18.6 Å². The maximum Gasteiger partial charge on any atom is 0.303 e. The lowest BCUT2D eigenvalue weighted by Gasteiger charge is -2.43. The molecule has 0 aromatic heterocycles. The Labute approximate surface area is 164 Å². The van der Waals surface area contributed by atoms with Crippen LogP contribution in [0.4, 0.5) is 0 Å². The number of aliphatic hydroxyl groups is 1. The lowest BCUT2D eigenvalue weighted by molar-refractivity contribution is -0.257. The van der Waals surface area contributed by atoms with Crippen LogP contribution in [0.15, 0.2) is 0 Å². The molecule has 0 bridgehead atoms. The number of halogens is 1. The molecule has 0 aliphatic carbocycles. The number of rotatable bonds is 5. The van der Waals surface area contributed by atoms with E-state index in [1.165, 1.54) is 13.8 Å². The minimum Gasteiger partial charge on any atom is -0.457 e. The van der Waals surface area contributed by atoms with Crippen molar-refractivity contribution in [3.8, 4) is 0 Å². The third-order valence-corrected chi connectivity index (χ3v) is 10.6. The van der Waals surface area contributed by atoms with Crippen LogP contribution in [-0.4, -0.2) is 60.5 Å². The topological polar surface area (TPSA) is 91.3 Å². The van der Waals surface area contributed by atoms with Gasteiger partial charge in [-0.25, -0.2) is 0 Å². The van der Waals surface area contributed by atoms with Gasteiger partial charge in [-0.3, -0.25) is 9.59 Å². The van der Waals surface area contributed by atoms with Crippen LogP contribution in [0.1, 0.15) is 34.6 Å². The van der Waals surface area contributed by atoms with Gasteiger partial charge in [-0.1, -0.05) is 43.4 Å². The number of hydrogen-bond donors (Lipinski definition) is 1. The third-order valence-electron chi connectivity index (χ3n) is 4.61. The van der Waals surface area contributed by atoms with Gasteiger partial charge in [-0.15, -0.1) is 0 Å². The average molecular weight is 488 g/mol. The Morgan fingerprint density at radius 3 is 2.04 bits per heavy atom. The summed E-state index contributed by atoms with van der Waals surface area (Å²) in [4.78, 5) is 22.7. The van der Waals surface area contributed by atoms with Crippen LogP contribution in [0, 0.1) is 0 Å². The van der Waals surface area contributed by atoms with Gasteiger partial charge in [0.05, 0.1) is 16.6 Å². The van der Waals surface area contributed by atoms with E-state index in [9.17, 15) is 14.7 Å². The summed E-state index contributed by atoms with van der Waals surface area (Å²) in [6.45, 7) is 13.4. The fraction of sp³-hybridized carbons (Fsp3) is 0.875. The monoisotopic (exact) mass is 488 g/mol. The molecule has 1 heterocycles. The van der Waals surface area contributed by atoms with Gasteiger partial charge in [-0.05, 0) is 18.1 Å². The van der Waals surface area contributed by atoms with E-state index >= 15 is 0 Å². The van der Waals surface area contributed by atoms with E-state index in [1.807, 2.05) is 0 Å². The molecule has 5 atom stereocenters. The van der Waals surface area contributed by atoms with Gasteiger partial charge in [0.1, 0.15) is 0 Å². The van der Waals surface area contributed by atoms with Crippen LogP contribution in [0.5, 0.6) is 0 Å². The van der Waals surface area contributed by atoms with Crippen molar-refractivity contribution < 1.29 is 33.3 Å². The highest BCUT2D eigenvalue weighted by atomic mass is 127. The molecular weight excluding hydrogens is 459 g/mol. The van der Waals surface area contributed by atoms with E-state index < -0.39 is 44.9 Å². The van der Waals surface area contributed by atoms with E-state index in [0.29, 0.717) is 0 Å². The second-order valence-corrected chi connectivity index (χ2v) is 14.0. The molecule has 1 aliphatic heterocycles. The average Bonchev–Trinajstić information content (AvgIpc) is 2.43. The molecule has 7 nitrogen and oxygen atoms in total. The van der Waals surface area contributed by atoms with Gasteiger partial charge < -0.3 is 23.7 Å². The number of esters is 2. The summed E-state index contributed by atoms with van der Waals surface area (Å²) in [5.74, 6) is -1.09. The standard InChI is InChI=1S/C16H29IO7Si/c1-9(18)22-13-12(17)11(8-21-25(6,7)16(3,4)5)24-15(20)14(13)23-10(2)19/h11-15,20H,8H2,1-7H3/t11-,12-,13+,14-,15-/m1/s1. The third kappa shape index (κ3) is 6.16. The second-order valence-electron chi connectivity index (χ2n) is 7.73. The van der Waals surface area contributed by atoms with Crippen LogP contribution in [-0.2, 0) is 28.2 Å². The van der Waals surface area contributed by atoms with Crippen LogP contribution >= 0.6 is 22.6 Å². The Hall–Kier alpha value is -0.233. The first-order valence-electron chi connectivity index (χ1n) is 8.22. The quantitative estimate of drug-likeness (QED) is 0.275. The first-order chi connectivity index (χ1) is 11.3. The van der Waals surface area contributed by atoms with Gasteiger partial charge >= 0.3 is 11.9 Å². The molecule has 1 N–H and O–H groups in total. The van der Waals surface area contributed by atoms with Crippen LogP contribution in [0.2, 0.25) is 18.1 Å². The second kappa shape index (κ2) is 8.64. The van der Waals surface area contributed by atoms with Crippen molar-refractivity contribution in [3.63, 3.8) is 0 Å². The zero-order valence-corrected chi connectivity index (χ0v) is 19.0. The fourth-order valence-corrected chi connectivity index (χ4v) is 4.11. The smallest absolute Gasteiger partial charge is 0.303 e. The Balaban J connectivity index is 2.90. The summed E-state index contributed by atoms with van der Waals surface area (Å²) in [7, 11) is -2.00. The summed E-state index contributed by atoms with van der Waals surface area (Å²) in [5, 5.41) is 10.3. The minimum atomic E-state index is -2.00. The van der Waals surface area contributed by atoms with Gasteiger partial charge in [0.25, 0.3) is 0 Å². The molecule has 9 heteroatoms. The van der Waals surface area contributed by atoms with Gasteiger partial charge in [0.15, 0.2) is 26.8 Å². The minimum absolute atomic E-state index is 0.0383. The lowest BCUT2D eigenvalue weighted by atomic mass is 10.0. The molecule has 25 heavy (non-hydrogen) atoms. The number of alkyl halides is 1. The van der Waals surface area contributed by atoms with Crippen molar-refractivity contribution in [3.05, 3.63) is 0 Å². The first-order valence-corrected chi connectivity index (χ1v) is 12.4. The molecule has 1 fully saturated rings. The molecule has 0 amide bonds. The SMILES string of the molecule is CC(=O)O[C@@H]1[C@@H](OC(C)=O)[C@H](I)[C@@H](CO[Si](C)(C)C(C)(C)C)O[C@H]1O. The zero-order valence-electron chi connectivity index (χ0n) is 15.9. The van der Waals surface area contributed by atoms with Crippen LogP contribution in [0.25, 0.3) is 0 Å². The van der Waals surface area contributed by atoms with Gasteiger partial charge in [-0.2, -0.15) is 0 Å². The highest BCUT2D eigenvalue weighted by Gasteiger charge is 2.49. The normalized spacial score (nSPS) is 30.7. The first kappa shape index (κ1) is 22.8. The number of hydrogen-bond acceptors (Lipinski definition) is 7. The lowest BCUT2D eigenvalue weighted by Crippen LogP contribution is -2.59. The van der Waals surface area contributed by atoms with Gasteiger partial charge in [0.2, 0.25) is 0 Å². The van der Waals surface area contributed by atoms with Crippen molar-refractivity contribution in [2.45, 2.75) is 81.3 Å². The van der Waals surface area contributed by atoms with Gasteiger partial charge in [0, 0.05) is 13.8 Å². The Morgan fingerprint density at radius 2 is 1.60 bits per heavy atom. The molecule has 146 valence electrons. The van der Waals surface area contributed by atoms with Crippen molar-refractivity contribution in [2.24, 2.45) is 0 Å². The number of carbonyl (C=O) groups excluding carboxylic acids is 2. The fourth-order valence-electron chi connectivity index (χ4n) is 2.17. The van der Waals surface area contributed by atoms with E-state index in [2.05, 4.69) is 56.5 Å². The predicted octanol–water partition coefficient (Wildman–Crippen LogP) is 2.39. The molecular formula is C16H29IO7Si. The molecule has 0 radical (unpaired) electrons. The number of ether oxygens (including phenoxy) is 3. The van der Waals surface area contributed by atoms with Crippen molar-refractivity contribution in [2.75, 3.05) is 6.61 Å². The van der Waals surface area contributed by atoms with Crippen LogP contribution in [0.3, 0.4) is 0 Å².